The van der Waals surface area contributed by atoms with Crippen LogP contribution in [0.3, 0.4) is 0 Å². The van der Waals surface area contributed by atoms with Crippen molar-refractivity contribution in [3.05, 3.63) is 35.9 Å². The van der Waals surface area contributed by atoms with Crippen molar-refractivity contribution in [3.8, 4) is 0 Å². The quantitative estimate of drug-likeness (QED) is 0.720. The van der Waals surface area contributed by atoms with Crippen LogP contribution < -0.4 is 5.32 Å². The van der Waals surface area contributed by atoms with Crippen LogP contribution in [0.15, 0.2) is 30.3 Å². The van der Waals surface area contributed by atoms with Gasteiger partial charge in [-0.05, 0) is 50.8 Å². The number of nitrogens with one attached hydrogen (secondary N) is 1. The molecule has 164 valence electrons. The summed E-state index contributed by atoms with van der Waals surface area (Å²) in [6, 6.07) is 8.67. The van der Waals surface area contributed by atoms with Crippen LogP contribution >= 0.6 is 0 Å². The van der Waals surface area contributed by atoms with E-state index in [4.69, 9.17) is 9.47 Å². The highest BCUT2D eigenvalue weighted by molar-refractivity contribution is 5.98. The molecule has 1 spiro atoms. The van der Waals surface area contributed by atoms with Crippen LogP contribution in [-0.4, -0.2) is 79.4 Å². The number of hydrogen-bond acceptors (Lipinski definition) is 5. The van der Waals surface area contributed by atoms with E-state index in [0.717, 1.165) is 71.4 Å². The number of rotatable bonds is 6. The average molecular weight is 416 g/mol. The first-order valence-electron chi connectivity index (χ1n) is 11.3. The van der Waals surface area contributed by atoms with E-state index >= 15 is 0 Å². The Hall–Kier alpha value is -1.96. The van der Waals surface area contributed by atoms with Crippen LogP contribution in [0, 0.1) is 0 Å². The summed E-state index contributed by atoms with van der Waals surface area (Å²) in [6.45, 7) is 5.29. The van der Waals surface area contributed by atoms with E-state index in [-0.39, 0.29) is 18.4 Å². The molecule has 4 rings (SSSR count). The Balaban J connectivity index is 1.40. The van der Waals surface area contributed by atoms with E-state index in [1.165, 1.54) is 0 Å². The van der Waals surface area contributed by atoms with Crippen molar-refractivity contribution in [1.29, 1.82) is 0 Å². The molecule has 0 radical (unpaired) electrons. The molecular weight excluding hydrogens is 382 g/mol. The maximum atomic E-state index is 13.4. The Morgan fingerprint density at radius 3 is 2.53 bits per heavy atom. The second-order valence-electron chi connectivity index (χ2n) is 8.47. The lowest BCUT2D eigenvalue weighted by atomic mass is 9.89. The highest BCUT2D eigenvalue weighted by Crippen LogP contribution is 2.41. The minimum absolute atomic E-state index is 0.108. The van der Waals surface area contributed by atoms with Gasteiger partial charge in [0, 0.05) is 25.2 Å². The van der Waals surface area contributed by atoms with Gasteiger partial charge in [0.05, 0.1) is 19.8 Å². The molecule has 7 nitrogen and oxygen atoms in total. The predicted molar refractivity (Wildman–Crippen MR) is 113 cm³/mol. The Kier molecular flexibility index (Phi) is 7.02. The van der Waals surface area contributed by atoms with Crippen molar-refractivity contribution in [2.24, 2.45) is 0 Å². The molecule has 0 unspecified atom stereocenters. The lowest BCUT2D eigenvalue weighted by molar-refractivity contribution is -0.127. The smallest absolute Gasteiger partial charge is 0.256 e. The Bertz CT molecular complexity index is 714. The molecule has 2 amide bonds. The second-order valence-corrected chi connectivity index (χ2v) is 8.47. The first-order chi connectivity index (χ1) is 14.7. The van der Waals surface area contributed by atoms with E-state index in [0.29, 0.717) is 12.1 Å². The summed E-state index contributed by atoms with van der Waals surface area (Å²) in [5.41, 5.74) is -0.0286. The summed E-state index contributed by atoms with van der Waals surface area (Å²) in [7, 11) is 0. The minimum Gasteiger partial charge on any atom is -0.379 e. The summed E-state index contributed by atoms with van der Waals surface area (Å²) < 4.78 is 11.6. The molecule has 1 saturated carbocycles. The van der Waals surface area contributed by atoms with Crippen LogP contribution in [0.5, 0.6) is 0 Å². The Labute approximate surface area is 178 Å². The fourth-order valence-corrected chi connectivity index (χ4v) is 4.85. The van der Waals surface area contributed by atoms with E-state index < -0.39 is 11.8 Å². The molecule has 2 heterocycles. The lowest BCUT2D eigenvalue weighted by Crippen LogP contribution is -2.56. The molecule has 0 bridgehead atoms. The van der Waals surface area contributed by atoms with Gasteiger partial charge in [0.1, 0.15) is 11.8 Å². The third-order valence-corrected chi connectivity index (χ3v) is 6.49. The maximum absolute atomic E-state index is 13.4. The molecule has 2 saturated heterocycles. The number of amides is 2. The molecule has 1 aliphatic carbocycles. The number of morpholine rings is 1. The molecule has 2 aliphatic heterocycles. The first-order valence-corrected chi connectivity index (χ1v) is 11.3. The van der Waals surface area contributed by atoms with E-state index in [2.05, 4.69) is 10.2 Å². The first kappa shape index (κ1) is 21.3. The lowest BCUT2D eigenvalue weighted by Gasteiger charge is -2.41. The Morgan fingerprint density at radius 1 is 1.07 bits per heavy atom. The van der Waals surface area contributed by atoms with Gasteiger partial charge in [0.25, 0.3) is 5.91 Å². The van der Waals surface area contributed by atoms with Gasteiger partial charge in [0.15, 0.2) is 0 Å². The maximum Gasteiger partial charge on any atom is 0.256 e. The van der Waals surface area contributed by atoms with Crippen molar-refractivity contribution >= 4 is 11.8 Å². The molecular formula is C23H33N3O4. The predicted octanol–water partition coefficient (Wildman–Crippen LogP) is 2.03. The fraction of sp³-hybridized carbons (Fsp3) is 0.652. The summed E-state index contributed by atoms with van der Waals surface area (Å²) in [5, 5.41) is 3.05. The number of ether oxygens (including phenoxy) is 2. The van der Waals surface area contributed by atoms with Crippen LogP contribution in [0.25, 0.3) is 0 Å². The van der Waals surface area contributed by atoms with Crippen LogP contribution in [0.2, 0.25) is 0 Å². The molecule has 1 aromatic carbocycles. The summed E-state index contributed by atoms with van der Waals surface area (Å²) in [4.78, 5) is 30.6. The standard InChI is InChI=1S/C23H33N3O4/c27-21(24-12-7-13-25-14-16-29-17-15-25)20-18-30-23(10-5-2-6-11-23)26(20)22(28)19-8-3-1-4-9-19/h1,3-4,8-9,20H,2,5-7,10-18H2,(H,24,27)/t20-/m1/s1. The number of nitrogens with zero attached hydrogens (tertiary/aromatic N) is 2. The van der Waals surface area contributed by atoms with Gasteiger partial charge in [-0.1, -0.05) is 24.6 Å². The van der Waals surface area contributed by atoms with Crippen molar-refractivity contribution in [3.63, 3.8) is 0 Å². The highest BCUT2D eigenvalue weighted by atomic mass is 16.5. The van der Waals surface area contributed by atoms with E-state index in [1.807, 2.05) is 30.3 Å². The number of carbonyl (C=O) groups is 2. The normalized spacial score (nSPS) is 24.1. The fourth-order valence-electron chi connectivity index (χ4n) is 4.85. The van der Waals surface area contributed by atoms with Gasteiger partial charge < -0.3 is 14.8 Å². The van der Waals surface area contributed by atoms with Crippen LogP contribution in [0.4, 0.5) is 0 Å². The zero-order valence-electron chi connectivity index (χ0n) is 17.7. The van der Waals surface area contributed by atoms with Gasteiger partial charge in [-0.15, -0.1) is 0 Å². The van der Waals surface area contributed by atoms with Gasteiger partial charge in [-0.25, -0.2) is 0 Å². The second kappa shape index (κ2) is 9.90. The molecule has 3 fully saturated rings. The summed E-state index contributed by atoms with van der Waals surface area (Å²) in [6.07, 6.45) is 5.67. The molecule has 7 heteroatoms. The van der Waals surface area contributed by atoms with Crippen molar-refractivity contribution < 1.29 is 19.1 Å². The van der Waals surface area contributed by atoms with E-state index in [9.17, 15) is 9.59 Å². The summed E-state index contributed by atoms with van der Waals surface area (Å²) in [5.74, 6) is -0.216. The van der Waals surface area contributed by atoms with Gasteiger partial charge in [-0.2, -0.15) is 0 Å². The van der Waals surface area contributed by atoms with Crippen molar-refractivity contribution in [2.45, 2.75) is 50.3 Å². The van der Waals surface area contributed by atoms with Gasteiger partial charge in [0.2, 0.25) is 5.91 Å². The highest BCUT2D eigenvalue weighted by Gasteiger charge is 2.52. The van der Waals surface area contributed by atoms with E-state index in [1.54, 1.807) is 4.90 Å². The largest absolute Gasteiger partial charge is 0.379 e. The summed E-state index contributed by atoms with van der Waals surface area (Å²) >= 11 is 0. The molecule has 3 aliphatic rings. The molecule has 1 aromatic rings. The minimum atomic E-state index is -0.638. The molecule has 1 atom stereocenters. The topological polar surface area (TPSA) is 71.1 Å². The molecule has 30 heavy (non-hydrogen) atoms. The molecule has 1 N–H and O–H groups in total. The monoisotopic (exact) mass is 415 g/mol. The zero-order chi connectivity index (χ0) is 20.8. The molecule has 0 aromatic heterocycles. The zero-order valence-corrected chi connectivity index (χ0v) is 17.7. The third-order valence-electron chi connectivity index (χ3n) is 6.49. The average Bonchev–Trinajstić information content (AvgIpc) is 3.16. The Morgan fingerprint density at radius 2 is 1.80 bits per heavy atom. The number of hydrogen-bond donors (Lipinski definition) is 1. The van der Waals surface area contributed by atoms with Gasteiger partial charge in [-0.3, -0.25) is 19.4 Å². The number of benzene rings is 1. The van der Waals surface area contributed by atoms with Crippen molar-refractivity contribution in [1.82, 2.24) is 15.1 Å². The van der Waals surface area contributed by atoms with Gasteiger partial charge >= 0.3 is 0 Å². The third kappa shape index (κ3) is 4.68. The van der Waals surface area contributed by atoms with Crippen LogP contribution in [-0.2, 0) is 14.3 Å². The van der Waals surface area contributed by atoms with Crippen LogP contribution in [0.1, 0.15) is 48.9 Å². The number of carbonyl (C=O) groups excluding carboxylic acids is 2. The van der Waals surface area contributed by atoms with Crippen molar-refractivity contribution in [2.75, 3.05) is 46.0 Å². The SMILES string of the molecule is O=C(NCCCN1CCOCC1)[C@H]1COC2(CCCCC2)N1C(=O)c1ccccc1.